The van der Waals surface area contributed by atoms with Crippen molar-refractivity contribution in [2.45, 2.75) is 6.92 Å². The average molecular weight is 304 g/mol. The fourth-order valence-electron chi connectivity index (χ4n) is 1.03. The number of methoxy groups -OCH3 is 1. The number of hydrogen-bond donors (Lipinski definition) is 0. The molecule has 0 saturated carbocycles. The molecule has 0 fully saturated rings. The highest BCUT2D eigenvalue weighted by Crippen LogP contribution is 2.13. The summed E-state index contributed by atoms with van der Waals surface area (Å²) in [6.45, 7) is 1.46. The molecule has 1 aromatic rings. The number of halogens is 1. The molecule has 0 aromatic heterocycles. The van der Waals surface area contributed by atoms with Gasteiger partial charge in [-0.1, -0.05) is 0 Å². The first kappa shape index (κ1) is 11.2. The average Bonchev–Trinajstić information content (AvgIpc) is 2.15. The van der Waals surface area contributed by atoms with Crippen molar-refractivity contribution < 1.29 is 14.3 Å². The number of ether oxygens (including phenoxy) is 1. The lowest BCUT2D eigenvalue weighted by atomic mass is 10.1. The maximum atomic E-state index is 11.2. The van der Waals surface area contributed by atoms with Crippen LogP contribution in [0.3, 0.4) is 0 Å². The Hall–Kier alpha value is -0.910. The van der Waals surface area contributed by atoms with E-state index >= 15 is 0 Å². The van der Waals surface area contributed by atoms with Gasteiger partial charge in [0.1, 0.15) is 0 Å². The molecule has 0 spiro atoms. The summed E-state index contributed by atoms with van der Waals surface area (Å²) >= 11 is 2.05. The van der Waals surface area contributed by atoms with Gasteiger partial charge in [-0.15, -0.1) is 0 Å². The van der Waals surface area contributed by atoms with Gasteiger partial charge >= 0.3 is 5.97 Å². The van der Waals surface area contributed by atoms with E-state index in [1.54, 1.807) is 12.1 Å². The molecule has 0 bridgehead atoms. The van der Waals surface area contributed by atoms with Crippen LogP contribution in [0.15, 0.2) is 18.2 Å². The molecule has 0 aliphatic rings. The molecule has 0 aliphatic carbocycles. The van der Waals surface area contributed by atoms with Crippen LogP contribution < -0.4 is 0 Å². The van der Waals surface area contributed by atoms with Crippen molar-refractivity contribution in [1.82, 2.24) is 0 Å². The van der Waals surface area contributed by atoms with E-state index in [1.165, 1.54) is 20.1 Å². The summed E-state index contributed by atoms with van der Waals surface area (Å²) in [7, 11) is 1.32. The lowest BCUT2D eigenvalue weighted by molar-refractivity contribution is 0.0600. The maximum Gasteiger partial charge on any atom is 0.337 e. The van der Waals surface area contributed by atoms with E-state index in [2.05, 4.69) is 27.3 Å². The van der Waals surface area contributed by atoms with E-state index in [4.69, 9.17) is 0 Å². The van der Waals surface area contributed by atoms with Gasteiger partial charge < -0.3 is 4.74 Å². The minimum atomic E-state index is -0.425. The first-order valence-electron chi connectivity index (χ1n) is 3.94. The highest BCUT2D eigenvalue weighted by atomic mass is 127. The van der Waals surface area contributed by atoms with Crippen LogP contribution in [-0.2, 0) is 4.74 Å². The molecule has 0 unspecified atom stereocenters. The van der Waals surface area contributed by atoms with E-state index in [0.717, 1.165) is 3.57 Å². The number of hydrogen-bond acceptors (Lipinski definition) is 3. The minimum Gasteiger partial charge on any atom is -0.465 e. The molecule has 74 valence electrons. The van der Waals surface area contributed by atoms with E-state index in [0.29, 0.717) is 11.1 Å². The maximum absolute atomic E-state index is 11.2. The molecule has 0 amide bonds. The van der Waals surface area contributed by atoms with Gasteiger partial charge in [-0.3, -0.25) is 4.79 Å². The lowest BCUT2D eigenvalue weighted by Crippen LogP contribution is -2.04. The van der Waals surface area contributed by atoms with Crippen LogP contribution in [0.5, 0.6) is 0 Å². The third-order valence-corrected chi connectivity index (χ3v) is 2.35. The van der Waals surface area contributed by atoms with Crippen LogP contribution in [0.4, 0.5) is 0 Å². The summed E-state index contributed by atoms with van der Waals surface area (Å²) in [5.74, 6) is -0.486. The fraction of sp³-hybridized carbons (Fsp3) is 0.200. The molecule has 4 heteroatoms. The Bertz CT molecular complexity index is 385. The lowest BCUT2D eigenvalue weighted by Gasteiger charge is -2.02. The summed E-state index contributed by atoms with van der Waals surface area (Å²) < 4.78 is 5.42. The van der Waals surface area contributed by atoms with Gasteiger partial charge in [0.15, 0.2) is 5.78 Å². The van der Waals surface area contributed by atoms with Crippen LogP contribution in [0.25, 0.3) is 0 Å². The van der Waals surface area contributed by atoms with Crippen molar-refractivity contribution in [1.29, 1.82) is 0 Å². The summed E-state index contributed by atoms with van der Waals surface area (Å²) in [6.07, 6.45) is 0. The van der Waals surface area contributed by atoms with E-state index in [1.807, 2.05) is 0 Å². The molecule has 0 radical (unpaired) electrons. The first-order valence-corrected chi connectivity index (χ1v) is 5.02. The number of benzene rings is 1. The Morgan fingerprint density at radius 1 is 1.21 bits per heavy atom. The molecule has 14 heavy (non-hydrogen) atoms. The van der Waals surface area contributed by atoms with Gasteiger partial charge in [-0.05, 0) is 47.7 Å². The van der Waals surface area contributed by atoms with Crippen LogP contribution in [-0.4, -0.2) is 18.9 Å². The molecular weight excluding hydrogens is 295 g/mol. The van der Waals surface area contributed by atoms with Gasteiger partial charge in [-0.25, -0.2) is 4.79 Å². The summed E-state index contributed by atoms with van der Waals surface area (Å²) in [5, 5.41) is 0. The SMILES string of the molecule is COC(=O)c1cc(I)cc(C(C)=O)c1. The second-order valence-electron chi connectivity index (χ2n) is 2.78. The fourth-order valence-corrected chi connectivity index (χ4v) is 1.70. The second-order valence-corrected chi connectivity index (χ2v) is 4.02. The third kappa shape index (κ3) is 2.54. The topological polar surface area (TPSA) is 43.4 Å². The zero-order chi connectivity index (χ0) is 10.7. The zero-order valence-electron chi connectivity index (χ0n) is 7.83. The Kier molecular flexibility index (Phi) is 3.62. The van der Waals surface area contributed by atoms with Crippen molar-refractivity contribution >= 4 is 34.3 Å². The molecule has 0 N–H and O–H groups in total. The largest absolute Gasteiger partial charge is 0.465 e. The van der Waals surface area contributed by atoms with Crippen LogP contribution in [0.2, 0.25) is 0 Å². The summed E-state index contributed by atoms with van der Waals surface area (Å²) in [4.78, 5) is 22.3. The van der Waals surface area contributed by atoms with Crippen LogP contribution in [0, 0.1) is 3.57 Å². The predicted molar refractivity (Wildman–Crippen MR) is 60.5 cm³/mol. The van der Waals surface area contributed by atoms with Crippen molar-refractivity contribution in [3.63, 3.8) is 0 Å². The molecular formula is C10H9IO3. The van der Waals surface area contributed by atoms with Crippen molar-refractivity contribution in [2.24, 2.45) is 0 Å². The smallest absolute Gasteiger partial charge is 0.337 e. The van der Waals surface area contributed by atoms with Gasteiger partial charge in [0.2, 0.25) is 0 Å². The van der Waals surface area contributed by atoms with Crippen molar-refractivity contribution in [2.75, 3.05) is 7.11 Å². The standard InChI is InChI=1S/C10H9IO3/c1-6(12)7-3-8(10(13)14-2)5-9(11)4-7/h3-5H,1-2H3. The van der Waals surface area contributed by atoms with Gasteiger partial charge in [0.25, 0.3) is 0 Å². The van der Waals surface area contributed by atoms with Gasteiger partial charge in [0.05, 0.1) is 12.7 Å². The molecule has 3 nitrogen and oxygen atoms in total. The second kappa shape index (κ2) is 4.54. The molecule has 1 rings (SSSR count). The first-order chi connectivity index (χ1) is 6.54. The van der Waals surface area contributed by atoms with Crippen molar-refractivity contribution in [3.05, 3.63) is 32.9 Å². The number of esters is 1. The third-order valence-electron chi connectivity index (χ3n) is 1.73. The van der Waals surface area contributed by atoms with Gasteiger partial charge in [0, 0.05) is 9.13 Å². The number of ketones is 1. The van der Waals surface area contributed by atoms with Crippen LogP contribution >= 0.6 is 22.6 Å². The van der Waals surface area contributed by atoms with Crippen molar-refractivity contribution in [3.8, 4) is 0 Å². The molecule has 0 atom stereocenters. The van der Waals surface area contributed by atoms with E-state index in [-0.39, 0.29) is 5.78 Å². The molecule has 0 heterocycles. The predicted octanol–water partition coefficient (Wildman–Crippen LogP) is 2.28. The Morgan fingerprint density at radius 3 is 2.29 bits per heavy atom. The Morgan fingerprint density at radius 2 is 1.79 bits per heavy atom. The number of Topliss-reactive ketones (excluding diaryl/α,β-unsaturated/α-hetero) is 1. The zero-order valence-corrected chi connectivity index (χ0v) is 9.99. The van der Waals surface area contributed by atoms with E-state index < -0.39 is 5.97 Å². The molecule has 0 saturated heterocycles. The molecule has 0 aliphatic heterocycles. The van der Waals surface area contributed by atoms with Crippen LogP contribution in [0.1, 0.15) is 27.6 Å². The monoisotopic (exact) mass is 304 g/mol. The highest BCUT2D eigenvalue weighted by molar-refractivity contribution is 14.1. The Balaban J connectivity index is 3.20. The number of rotatable bonds is 2. The Labute approximate surface area is 95.6 Å². The minimum absolute atomic E-state index is 0.0614. The summed E-state index contributed by atoms with van der Waals surface area (Å²) in [5.41, 5.74) is 0.932. The normalized spacial score (nSPS) is 9.64. The number of carbonyl (C=O) groups is 2. The highest BCUT2D eigenvalue weighted by Gasteiger charge is 2.09. The number of carbonyl (C=O) groups excluding carboxylic acids is 2. The summed E-state index contributed by atoms with van der Waals surface area (Å²) in [6, 6.07) is 4.95. The van der Waals surface area contributed by atoms with E-state index in [9.17, 15) is 9.59 Å². The van der Waals surface area contributed by atoms with Gasteiger partial charge in [-0.2, -0.15) is 0 Å². The quantitative estimate of drug-likeness (QED) is 0.478. The molecule has 1 aromatic carbocycles.